The van der Waals surface area contributed by atoms with Crippen molar-refractivity contribution in [2.75, 3.05) is 15.5 Å². The first-order valence-electron chi connectivity index (χ1n) is 15.0. The van der Waals surface area contributed by atoms with Crippen LogP contribution >= 0.6 is 34.8 Å². The molecule has 0 spiro atoms. The van der Waals surface area contributed by atoms with Crippen molar-refractivity contribution in [1.29, 1.82) is 0 Å². The number of carbonyl (C=O) groups excluding carboxylic acids is 4. The monoisotopic (exact) mass is 777 g/mol. The first-order valence-corrected chi connectivity index (χ1v) is 16.2. The maximum atomic E-state index is 15.9. The highest BCUT2D eigenvalue weighted by Crippen LogP contribution is 2.65. The SMILES string of the molecule is CC(C)(C)OC(=O)N(C(=O)OC(C)(C)C)c1c(F)ccc(NC(=O)c2cc(NC(=O)[C@@H]3[C@@H](c4cccc(C(F)(F)F)c4)C3(Cl)Cl)ccc2Cl)c1F. The number of amides is 4. The third kappa shape index (κ3) is 9.21. The minimum absolute atomic E-state index is 0.0188. The second-order valence-corrected chi connectivity index (χ2v) is 15.3. The molecule has 0 bridgehead atoms. The Hall–Kier alpha value is -4.14. The number of rotatable bonds is 6. The molecular formula is C34H31Cl3F5N3O6. The van der Waals surface area contributed by atoms with Gasteiger partial charge in [-0.3, -0.25) is 9.59 Å². The number of nitrogens with one attached hydrogen (secondary N) is 2. The molecule has 0 saturated heterocycles. The predicted molar refractivity (Wildman–Crippen MR) is 181 cm³/mol. The van der Waals surface area contributed by atoms with Crippen LogP contribution in [0.2, 0.25) is 5.02 Å². The fourth-order valence-electron chi connectivity index (χ4n) is 4.88. The van der Waals surface area contributed by atoms with Gasteiger partial charge in [-0.1, -0.05) is 29.8 Å². The molecule has 0 aromatic heterocycles. The van der Waals surface area contributed by atoms with Crippen LogP contribution in [0.15, 0.2) is 54.6 Å². The number of halogens is 8. The minimum atomic E-state index is -4.64. The highest BCUT2D eigenvalue weighted by Gasteiger charge is 2.67. The first kappa shape index (κ1) is 39.6. The second kappa shape index (κ2) is 14.1. The number of hydrogen-bond acceptors (Lipinski definition) is 6. The number of benzene rings is 3. The van der Waals surface area contributed by atoms with Gasteiger partial charge in [-0.2, -0.15) is 18.1 Å². The van der Waals surface area contributed by atoms with E-state index in [9.17, 15) is 32.3 Å². The second-order valence-electron chi connectivity index (χ2n) is 13.4. The molecule has 0 unspecified atom stereocenters. The Bertz CT molecular complexity index is 1860. The fraction of sp³-hybridized carbons (Fsp3) is 0.353. The number of imide groups is 1. The third-order valence-electron chi connectivity index (χ3n) is 7.08. The van der Waals surface area contributed by atoms with Crippen molar-refractivity contribution in [2.45, 2.75) is 69.2 Å². The lowest BCUT2D eigenvalue weighted by Gasteiger charge is -2.29. The van der Waals surface area contributed by atoms with Crippen molar-refractivity contribution in [3.63, 3.8) is 0 Å². The van der Waals surface area contributed by atoms with Gasteiger partial charge in [-0.15, -0.1) is 23.2 Å². The number of anilines is 3. The normalized spacial score (nSPS) is 16.9. The summed E-state index contributed by atoms with van der Waals surface area (Å²) in [5.74, 6) is -6.93. The molecule has 1 fully saturated rings. The Morgan fingerprint density at radius 3 is 1.96 bits per heavy atom. The van der Waals surface area contributed by atoms with E-state index < -0.39 is 86.1 Å². The zero-order valence-electron chi connectivity index (χ0n) is 27.8. The summed E-state index contributed by atoms with van der Waals surface area (Å²) in [7, 11) is 0. The molecule has 1 aliphatic rings. The molecule has 1 aliphatic carbocycles. The molecule has 4 rings (SSSR count). The van der Waals surface area contributed by atoms with E-state index in [1.165, 1.54) is 65.8 Å². The quantitative estimate of drug-likeness (QED) is 0.190. The van der Waals surface area contributed by atoms with Crippen LogP contribution in [0.4, 0.5) is 48.6 Å². The van der Waals surface area contributed by atoms with Gasteiger partial charge in [0.05, 0.1) is 27.8 Å². The maximum absolute atomic E-state index is 15.9. The average Bonchev–Trinajstić information content (AvgIpc) is 3.57. The van der Waals surface area contributed by atoms with E-state index in [-0.39, 0.29) is 26.7 Å². The summed E-state index contributed by atoms with van der Waals surface area (Å²) in [6.45, 7) is 8.77. The molecule has 3 aromatic rings. The van der Waals surface area contributed by atoms with Crippen LogP contribution in [0.25, 0.3) is 0 Å². The van der Waals surface area contributed by atoms with Gasteiger partial charge in [0, 0.05) is 11.6 Å². The molecule has 2 N–H and O–H groups in total. The summed E-state index contributed by atoms with van der Waals surface area (Å²) in [5.41, 5.74) is -5.47. The van der Waals surface area contributed by atoms with Gasteiger partial charge in [-0.25, -0.2) is 18.4 Å². The van der Waals surface area contributed by atoms with Gasteiger partial charge in [-0.05, 0) is 83.5 Å². The van der Waals surface area contributed by atoms with E-state index in [1.54, 1.807) is 0 Å². The van der Waals surface area contributed by atoms with Crippen LogP contribution in [0.5, 0.6) is 0 Å². The van der Waals surface area contributed by atoms with E-state index >= 15 is 8.78 Å². The smallest absolute Gasteiger partial charge is 0.424 e. The zero-order valence-corrected chi connectivity index (χ0v) is 30.0. The number of ether oxygens (including phenoxy) is 2. The lowest BCUT2D eigenvalue weighted by atomic mass is 10.1. The predicted octanol–water partition coefficient (Wildman–Crippen LogP) is 10.1. The molecule has 0 aliphatic heterocycles. The number of nitrogens with zero attached hydrogens (tertiary/aromatic N) is 1. The van der Waals surface area contributed by atoms with Crippen molar-refractivity contribution in [1.82, 2.24) is 0 Å². The van der Waals surface area contributed by atoms with E-state index in [4.69, 9.17) is 44.3 Å². The van der Waals surface area contributed by atoms with Gasteiger partial charge in [0.1, 0.15) is 21.2 Å². The molecule has 4 amide bonds. The molecule has 0 heterocycles. The first-order chi connectivity index (χ1) is 23.3. The molecule has 9 nitrogen and oxygen atoms in total. The van der Waals surface area contributed by atoms with Crippen molar-refractivity contribution in [2.24, 2.45) is 5.92 Å². The summed E-state index contributed by atoms with van der Waals surface area (Å²) in [5, 5.41) is 4.52. The maximum Gasteiger partial charge on any atom is 0.424 e. The number of carbonyl (C=O) groups is 4. The van der Waals surface area contributed by atoms with E-state index in [0.29, 0.717) is 6.07 Å². The standard InChI is InChI=1S/C34H31Cl3F5N3O6/c1-31(2,3)50-29(48)45(30(49)51-32(4,5)6)26-21(38)12-13-22(25(26)39)44-27(46)19-15-18(10-11-20(19)35)43-28(47)24-23(33(24,36)37)16-8-7-9-17(14-16)34(40,41)42/h7-15,23-24H,1-6H3,(H,43,47)(H,44,46)/t23-,24+/m1/s1. The van der Waals surface area contributed by atoms with E-state index in [0.717, 1.165) is 24.3 Å². The fourth-order valence-corrected chi connectivity index (χ4v) is 5.91. The molecule has 3 aromatic carbocycles. The van der Waals surface area contributed by atoms with Gasteiger partial charge < -0.3 is 20.1 Å². The third-order valence-corrected chi connectivity index (χ3v) is 8.35. The van der Waals surface area contributed by atoms with Crippen molar-refractivity contribution < 1.29 is 50.6 Å². The zero-order chi connectivity index (χ0) is 38.4. The van der Waals surface area contributed by atoms with Gasteiger partial charge in [0.2, 0.25) is 5.91 Å². The van der Waals surface area contributed by atoms with E-state index in [2.05, 4.69) is 10.6 Å². The van der Waals surface area contributed by atoms with Gasteiger partial charge in [0.25, 0.3) is 5.91 Å². The Morgan fingerprint density at radius 1 is 0.824 bits per heavy atom. The average molecular weight is 779 g/mol. The molecule has 274 valence electrons. The lowest BCUT2D eigenvalue weighted by molar-refractivity contribution is -0.137. The van der Waals surface area contributed by atoms with Crippen LogP contribution in [-0.2, 0) is 20.4 Å². The highest BCUT2D eigenvalue weighted by molar-refractivity contribution is 6.53. The Balaban J connectivity index is 1.59. The topological polar surface area (TPSA) is 114 Å². The number of alkyl halides is 5. The molecule has 0 radical (unpaired) electrons. The minimum Gasteiger partial charge on any atom is -0.443 e. The van der Waals surface area contributed by atoms with Crippen LogP contribution < -0.4 is 15.5 Å². The lowest BCUT2D eigenvalue weighted by Crippen LogP contribution is -2.44. The summed E-state index contributed by atoms with van der Waals surface area (Å²) in [6, 6.07) is 9.39. The Morgan fingerprint density at radius 2 is 1.41 bits per heavy atom. The molecule has 51 heavy (non-hydrogen) atoms. The molecular weight excluding hydrogens is 748 g/mol. The van der Waals surface area contributed by atoms with E-state index in [1.807, 2.05) is 0 Å². The van der Waals surface area contributed by atoms with Crippen LogP contribution in [0.1, 0.15) is 68.9 Å². The Labute approximate surface area is 304 Å². The molecule has 2 atom stereocenters. The van der Waals surface area contributed by atoms with Crippen molar-refractivity contribution in [3.8, 4) is 0 Å². The van der Waals surface area contributed by atoms with Crippen LogP contribution in [0, 0.1) is 17.6 Å². The van der Waals surface area contributed by atoms with Gasteiger partial charge >= 0.3 is 18.4 Å². The summed E-state index contributed by atoms with van der Waals surface area (Å²) in [4.78, 5) is 52.6. The Kier molecular flexibility index (Phi) is 11.0. The highest BCUT2D eigenvalue weighted by atomic mass is 35.5. The molecule has 1 saturated carbocycles. The van der Waals surface area contributed by atoms with Crippen molar-refractivity contribution >= 4 is 75.9 Å². The van der Waals surface area contributed by atoms with Crippen molar-refractivity contribution in [3.05, 3.63) is 87.9 Å². The summed E-state index contributed by atoms with van der Waals surface area (Å²) in [6.07, 6.45) is -7.57. The number of hydrogen-bond donors (Lipinski definition) is 2. The van der Waals surface area contributed by atoms with Crippen LogP contribution in [-0.4, -0.2) is 39.5 Å². The molecule has 17 heteroatoms. The summed E-state index contributed by atoms with van der Waals surface area (Å²) >= 11 is 18.8. The van der Waals surface area contributed by atoms with Crippen LogP contribution in [0.3, 0.4) is 0 Å². The summed E-state index contributed by atoms with van der Waals surface area (Å²) < 4.78 is 79.5. The largest absolute Gasteiger partial charge is 0.443 e. The van der Waals surface area contributed by atoms with Gasteiger partial charge in [0.15, 0.2) is 11.6 Å².